The number of rotatable bonds is 3. The van der Waals surface area contributed by atoms with Crippen molar-refractivity contribution in [1.82, 2.24) is 10.0 Å². The highest BCUT2D eigenvalue weighted by Gasteiger charge is 2.22. The first-order valence-electron chi connectivity index (χ1n) is 3.12. The van der Waals surface area contributed by atoms with Crippen molar-refractivity contribution in [3.8, 4) is 0 Å². The maximum absolute atomic E-state index is 10.2. The van der Waals surface area contributed by atoms with Crippen LogP contribution in [0.15, 0.2) is 5.29 Å². The molecule has 68 valence electrons. The number of hydrogen-bond donors (Lipinski definition) is 1. The summed E-state index contributed by atoms with van der Waals surface area (Å²) in [5.41, 5.74) is 0. The van der Waals surface area contributed by atoms with E-state index in [4.69, 9.17) is 5.41 Å². The molecule has 0 aliphatic carbocycles. The van der Waals surface area contributed by atoms with Crippen molar-refractivity contribution in [2.75, 3.05) is 13.6 Å². The van der Waals surface area contributed by atoms with Gasteiger partial charge in [0.1, 0.15) is 0 Å². The Morgan fingerprint density at radius 3 is 2.50 bits per heavy atom. The van der Waals surface area contributed by atoms with Crippen LogP contribution >= 0.6 is 0 Å². The Morgan fingerprint density at radius 1 is 1.75 bits per heavy atom. The molecule has 12 heavy (non-hydrogen) atoms. The number of hydrazine groups is 1. The first kappa shape index (κ1) is 10.3. The molecule has 0 heterocycles. The molecule has 8 heteroatoms. The van der Waals surface area contributed by atoms with Crippen LogP contribution in [0, 0.1) is 20.4 Å². The zero-order valence-electron chi connectivity index (χ0n) is 6.72. The van der Waals surface area contributed by atoms with Gasteiger partial charge in [-0.3, -0.25) is 5.41 Å². The van der Waals surface area contributed by atoms with E-state index < -0.39 is 11.0 Å². The highest BCUT2D eigenvalue weighted by Crippen LogP contribution is 1.94. The zero-order valence-corrected chi connectivity index (χ0v) is 6.72. The highest BCUT2D eigenvalue weighted by molar-refractivity contribution is 5.74. The molecule has 1 N–H and O–H groups in total. The second kappa shape index (κ2) is 4.21. The Bertz CT molecular complexity index is 205. The lowest BCUT2D eigenvalue weighted by Crippen LogP contribution is -2.42. The monoisotopic (exact) mass is 175 g/mol. The fraction of sp³-hybridized carbons (Fsp3) is 0.750. The van der Waals surface area contributed by atoms with Crippen LogP contribution in [-0.2, 0) is 0 Å². The van der Waals surface area contributed by atoms with E-state index in [2.05, 4.69) is 5.29 Å². The summed E-state index contributed by atoms with van der Waals surface area (Å²) in [7, 11) is 1.17. The lowest BCUT2D eigenvalue weighted by molar-refractivity contribution is -0.630. The summed E-state index contributed by atoms with van der Waals surface area (Å²) < 4.78 is 0. The number of nitrogens with one attached hydrogen (secondary N) is 1. The summed E-state index contributed by atoms with van der Waals surface area (Å²) in [4.78, 5) is 20.1. The average Bonchev–Trinajstić information content (AvgIpc) is 2.03. The van der Waals surface area contributed by atoms with Crippen LogP contribution in [0.3, 0.4) is 0 Å². The van der Waals surface area contributed by atoms with E-state index in [1.165, 1.54) is 14.0 Å². The molecule has 0 rings (SSSR count). The quantitative estimate of drug-likeness (QED) is 0.214. The van der Waals surface area contributed by atoms with Crippen LogP contribution in [-0.4, -0.2) is 34.6 Å². The molecule has 0 bridgehead atoms. The normalized spacial score (nSPS) is 8.83. The number of hydrogen-bond acceptors (Lipinski definition) is 5. The van der Waals surface area contributed by atoms with Gasteiger partial charge in [-0.25, -0.2) is 10.1 Å². The van der Waals surface area contributed by atoms with Gasteiger partial charge in [0.15, 0.2) is 5.03 Å². The predicted octanol–water partition coefficient (Wildman–Crippen LogP) is 0.0480. The van der Waals surface area contributed by atoms with Gasteiger partial charge in [0.2, 0.25) is 0 Å². The smallest absolute Gasteiger partial charge is 0.263 e. The van der Waals surface area contributed by atoms with Gasteiger partial charge in [-0.15, -0.1) is 4.91 Å². The van der Waals surface area contributed by atoms with E-state index >= 15 is 0 Å². The van der Waals surface area contributed by atoms with Gasteiger partial charge in [-0.05, 0) is 6.92 Å². The lowest BCUT2D eigenvalue weighted by atomic mass is 10.7. The number of nitroso groups, excluding NO2 is 1. The number of guanidine groups is 1. The Balaban J connectivity index is 4.41. The fourth-order valence-corrected chi connectivity index (χ4v) is 0.548. The van der Waals surface area contributed by atoms with Crippen LogP contribution < -0.4 is 0 Å². The number of nitro groups is 1. The minimum absolute atomic E-state index is 0.00565. The van der Waals surface area contributed by atoms with Crippen molar-refractivity contribution in [2.45, 2.75) is 6.92 Å². The maximum atomic E-state index is 10.2. The molecule has 0 spiro atoms. The topological polar surface area (TPSA) is 103 Å². The van der Waals surface area contributed by atoms with Gasteiger partial charge in [-0.1, -0.05) is 5.01 Å². The second-order valence-electron chi connectivity index (χ2n) is 1.88. The number of nitrogens with zero attached hydrogens (tertiary/aromatic N) is 4. The van der Waals surface area contributed by atoms with Crippen LogP contribution in [0.25, 0.3) is 0 Å². The largest absolute Gasteiger partial charge is 0.280 e. The van der Waals surface area contributed by atoms with Gasteiger partial charge >= 0.3 is 0 Å². The summed E-state index contributed by atoms with van der Waals surface area (Å²) in [5.74, 6) is -0.558. The van der Waals surface area contributed by atoms with Crippen molar-refractivity contribution in [3.05, 3.63) is 15.0 Å². The van der Waals surface area contributed by atoms with E-state index in [9.17, 15) is 15.0 Å². The predicted molar refractivity (Wildman–Crippen MR) is 40.7 cm³/mol. The maximum Gasteiger partial charge on any atom is 0.280 e. The van der Waals surface area contributed by atoms with E-state index in [0.29, 0.717) is 10.0 Å². The van der Waals surface area contributed by atoms with Gasteiger partial charge in [0.25, 0.3) is 5.96 Å². The molecular weight excluding hydrogens is 166 g/mol. The summed E-state index contributed by atoms with van der Waals surface area (Å²) in [6.07, 6.45) is 0. The molecule has 0 atom stereocenters. The second-order valence-corrected chi connectivity index (χ2v) is 1.88. The summed E-state index contributed by atoms with van der Waals surface area (Å²) in [6, 6.07) is 0. The van der Waals surface area contributed by atoms with Gasteiger partial charge in [0.05, 0.1) is 11.8 Å². The van der Waals surface area contributed by atoms with Crippen LogP contribution in [0.2, 0.25) is 0 Å². The third kappa shape index (κ3) is 2.15. The molecule has 0 saturated carbocycles. The van der Waals surface area contributed by atoms with E-state index in [-0.39, 0.29) is 6.54 Å². The molecule has 0 aliphatic rings. The first-order chi connectivity index (χ1) is 5.54. The molecule has 0 aromatic rings. The summed E-state index contributed by atoms with van der Waals surface area (Å²) >= 11 is 0. The van der Waals surface area contributed by atoms with E-state index in [1.54, 1.807) is 0 Å². The van der Waals surface area contributed by atoms with Gasteiger partial charge in [0, 0.05) is 7.05 Å². The Kier molecular flexibility index (Phi) is 3.60. The third-order valence-electron chi connectivity index (χ3n) is 1.17. The summed E-state index contributed by atoms with van der Waals surface area (Å²) in [6.45, 7) is 1.50. The zero-order chi connectivity index (χ0) is 9.72. The molecule has 8 nitrogen and oxygen atoms in total. The highest BCUT2D eigenvalue weighted by atomic mass is 16.7. The van der Waals surface area contributed by atoms with Gasteiger partial charge in [-0.2, -0.15) is 5.01 Å². The van der Waals surface area contributed by atoms with Crippen molar-refractivity contribution in [3.63, 3.8) is 0 Å². The van der Waals surface area contributed by atoms with Crippen molar-refractivity contribution < 1.29 is 5.03 Å². The molecule has 0 aromatic heterocycles. The fourth-order valence-electron chi connectivity index (χ4n) is 0.548. The molecular formula is C4H9N5O3. The Labute approximate surface area is 68.3 Å². The van der Waals surface area contributed by atoms with Gasteiger partial charge < -0.3 is 0 Å². The Morgan fingerprint density at radius 2 is 2.25 bits per heavy atom. The standard InChI is InChI=1S/C4H9N5O3/c1-3-8(9(11)12)4(5)7(2)6-10/h5H,3H2,1-2H3. The van der Waals surface area contributed by atoms with Crippen LogP contribution in [0.5, 0.6) is 0 Å². The Hall–Kier alpha value is -1.73. The lowest BCUT2D eigenvalue weighted by Gasteiger charge is -2.15. The molecule has 0 unspecified atom stereocenters. The SMILES string of the molecule is CCN(C(=N)N(C)N=O)[N+](=O)[O-]. The van der Waals surface area contributed by atoms with Crippen molar-refractivity contribution >= 4 is 5.96 Å². The molecule has 0 aromatic carbocycles. The molecule has 0 fully saturated rings. The third-order valence-corrected chi connectivity index (χ3v) is 1.17. The molecule has 0 saturated heterocycles. The van der Waals surface area contributed by atoms with Crippen molar-refractivity contribution in [1.29, 1.82) is 5.41 Å². The molecule has 0 radical (unpaired) electrons. The van der Waals surface area contributed by atoms with E-state index in [0.717, 1.165) is 0 Å². The molecule has 0 amide bonds. The van der Waals surface area contributed by atoms with Crippen LogP contribution in [0.4, 0.5) is 0 Å². The van der Waals surface area contributed by atoms with Crippen molar-refractivity contribution in [2.24, 2.45) is 5.29 Å². The summed E-state index contributed by atoms with van der Waals surface area (Å²) in [5, 5.41) is 20.0. The minimum atomic E-state index is -0.774. The minimum Gasteiger partial charge on any atom is -0.263 e. The van der Waals surface area contributed by atoms with Crippen LogP contribution in [0.1, 0.15) is 6.92 Å². The first-order valence-corrected chi connectivity index (χ1v) is 3.12. The van der Waals surface area contributed by atoms with E-state index in [1.807, 2.05) is 0 Å². The molecule has 0 aliphatic heterocycles. The average molecular weight is 175 g/mol.